The maximum absolute atomic E-state index is 10.8. The Labute approximate surface area is 67.2 Å². The van der Waals surface area contributed by atoms with E-state index in [1.165, 1.54) is 10.6 Å². The molecule has 0 amide bonds. The number of hydrogen-bond donors (Lipinski definition) is 0. The van der Waals surface area contributed by atoms with Crippen LogP contribution in [-0.2, 0) is 14.8 Å². The predicted molar refractivity (Wildman–Crippen MR) is 41.8 cm³/mol. The normalized spacial score (nSPS) is 21.6. The quantitative estimate of drug-likeness (QED) is 0.596. The van der Waals surface area contributed by atoms with Gasteiger partial charge in [0.25, 0.3) is 0 Å². The molecule has 1 rings (SSSR count). The zero-order chi connectivity index (χ0) is 8.48. The number of sulfonamides is 1. The topological polar surface area (TPSA) is 46.6 Å². The molecule has 11 heavy (non-hydrogen) atoms. The summed E-state index contributed by atoms with van der Waals surface area (Å²) in [7, 11) is -2.96. The maximum Gasteiger partial charge on any atom is 0.211 e. The Hall–Kier alpha value is -0.130. The average Bonchev–Trinajstić information content (AvgIpc) is 1.74. The first-order valence-corrected chi connectivity index (χ1v) is 5.45. The molecule has 0 aromatic rings. The van der Waals surface area contributed by atoms with Crippen LogP contribution in [0, 0.1) is 0 Å². The van der Waals surface area contributed by atoms with Gasteiger partial charge < -0.3 is 4.74 Å². The van der Waals surface area contributed by atoms with Gasteiger partial charge in [0.2, 0.25) is 10.0 Å². The summed E-state index contributed by atoms with van der Waals surface area (Å²) in [6.45, 7) is 3.60. The Morgan fingerprint density at radius 1 is 1.55 bits per heavy atom. The lowest BCUT2D eigenvalue weighted by atomic mass is 10.2. The van der Waals surface area contributed by atoms with E-state index in [1.54, 1.807) is 0 Å². The Balaban J connectivity index is 2.30. The van der Waals surface area contributed by atoms with E-state index >= 15 is 0 Å². The molecule has 4 nitrogen and oxygen atoms in total. The fraction of sp³-hybridized carbons (Fsp3) is 1.00. The summed E-state index contributed by atoms with van der Waals surface area (Å²) in [5, 5.41) is 0. The fourth-order valence-corrected chi connectivity index (χ4v) is 1.89. The van der Waals surface area contributed by atoms with E-state index in [9.17, 15) is 8.42 Å². The molecule has 0 bridgehead atoms. The van der Waals surface area contributed by atoms with Gasteiger partial charge in [-0.25, -0.2) is 8.42 Å². The van der Waals surface area contributed by atoms with Crippen molar-refractivity contribution in [3.8, 4) is 0 Å². The van der Waals surface area contributed by atoms with Crippen LogP contribution in [0.25, 0.3) is 0 Å². The van der Waals surface area contributed by atoms with E-state index in [1.807, 2.05) is 6.92 Å². The van der Waals surface area contributed by atoms with Crippen molar-refractivity contribution in [1.82, 2.24) is 4.31 Å². The smallest absolute Gasteiger partial charge is 0.211 e. The van der Waals surface area contributed by atoms with E-state index in [0.29, 0.717) is 19.7 Å². The zero-order valence-corrected chi connectivity index (χ0v) is 7.60. The molecule has 0 aliphatic carbocycles. The first-order chi connectivity index (χ1) is 5.04. The minimum absolute atomic E-state index is 0.120. The molecule has 0 saturated carbocycles. The standard InChI is InChI=1S/C6H13NO3S/c1-3-10-6-4-7(5-6)11(2,8)9/h6H,3-5H2,1-2H3. The molecule has 0 atom stereocenters. The van der Waals surface area contributed by atoms with E-state index < -0.39 is 10.0 Å². The third-order valence-electron chi connectivity index (χ3n) is 1.69. The molecular formula is C6H13NO3S. The van der Waals surface area contributed by atoms with Crippen molar-refractivity contribution in [3.05, 3.63) is 0 Å². The molecule has 0 unspecified atom stereocenters. The largest absolute Gasteiger partial charge is 0.376 e. The van der Waals surface area contributed by atoms with Crippen molar-refractivity contribution in [1.29, 1.82) is 0 Å². The Bertz CT molecular complexity index is 218. The molecule has 0 N–H and O–H groups in total. The summed E-state index contributed by atoms with van der Waals surface area (Å²) >= 11 is 0. The van der Waals surface area contributed by atoms with Crippen molar-refractivity contribution in [3.63, 3.8) is 0 Å². The molecule has 1 saturated heterocycles. The van der Waals surface area contributed by atoms with Gasteiger partial charge >= 0.3 is 0 Å². The van der Waals surface area contributed by atoms with Crippen LogP contribution < -0.4 is 0 Å². The van der Waals surface area contributed by atoms with Gasteiger partial charge in [0.15, 0.2) is 0 Å². The summed E-state index contributed by atoms with van der Waals surface area (Å²) in [5.74, 6) is 0. The molecule has 1 aliphatic heterocycles. The van der Waals surface area contributed by atoms with Crippen LogP contribution in [0.15, 0.2) is 0 Å². The molecular weight excluding hydrogens is 166 g/mol. The summed E-state index contributed by atoms with van der Waals surface area (Å²) in [4.78, 5) is 0. The van der Waals surface area contributed by atoms with Gasteiger partial charge in [-0.05, 0) is 6.92 Å². The third kappa shape index (κ3) is 2.15. The molecule has 0 aromatic heterocycles. The van der Waals surface area contributed by atoms with E-state index in [2.05, 4.69) is 0 Å². The number of rotatable bonds is 3. The van der Waals surface area contributed by atoms with Gasteiger partial charge in [-0.1, -0.05) is 0 Å². The summed E-state index contributed by atoms with van der Waals surface area (Å²) in [5.41, 5.74) is 0. The average molecular weight is 179 g/mol. The maximum atomic E-state index is 10.8. The molecule has 1 aliphatic rings. The molecule has 1 heterocycles. The van der Waals surface area contributed by atoms with Gasteiger partial charge in [0.1, 0.15) is 0 Å². The Morgan fingerprint density at radius 3 is 2.45 bits per heavy atom. The second-order valence-electron chi connectivity index (χ2n) is 2.66. The lowest BCUT2D eigenvalue weighted by Crippen LogP contribution is -2.54. The van der Waals surface area contributed by atoms with E-state index in [4.69, 9.17) is 4.74 Å². The Kier molecular flexibility index (Phi) is 2.51. The van der Waals surface area contributed by atoms with Gasteiger partial charge in [0.05, 0.1) is 12.4 Å². The van der Waals surface area contributed by atoms with Crippen molar-refractivity contribution in [2.75, 3.05) is 26.0 Å². The van der Waals surface area contributed by atoms with Crippen LogP contribution in [0.5, 0.6) is 0 Å². The summed E-state index contributed by atoms with van der Waals surface area (Å²) in [6.07, 6.45) is 1.34. The van der Waals surface area contributed by atoms with E-state index in [0.717, 1.165) is 0 Å². The molecule has 0 aromatic carbocycles. The second-order valence-corrected chi connectivity index (χ2v) is 4.64. The van der Waals surface area contributed by atoms with Crippen LogP contribution in [0.4, 0.5) is 0 Å². The second kappa shape index (κ2) is 3.08. The van der Waals surface area contributed by atoms with Crippen molar-refractivity contribution in [2.45, 2.75) is 13.0 Å². The van der Waals surface area contributed by atoms with E-state index in [-0.39, 0.29) is 6.10 Å². The third-order valence-corrected chi connectivity index (χ3v) is 2.92. The van der Waals surface area contributed by atoms with Crippen LogP contribution in [0.3, 0.4) is 0 Å². The van der Waals surface area contributed by atoms with Gasteiger partial charge in [-0.15, -0.1) is 0 Å². The molecule has 66 valence electrons. The SMILES string of the molecule is CCOC1CN(S(C)(=O)=O)C1. The number of ether oxygens (including phenoxy) is 1. The highest BCUT2D eigenvalue weighted by Crippen LogP contribution is 2.14. The van der Waals surface area contributed by atoms with Crippen LogP contribution in [0.2, 0.25) is 0 Å². The molecule has 1 fully saturated rings. The van der Waals surface area contributed by atoms with Gasteiger partial charge in [0, 0.05) is 19.7 Å². The lowest BCUT2D eigenvalue weighted by molar-refractivity contribution is -0.0132. The van der Waals surface area contributed by atoms with Crippen molar-refractivity contribution in [2.24, 2.45) is 0 Å². The van der Waals surface area contributed by atoms with Crippen LogP contribution in [-0.4, -0.2) is 44.8 Å². The fourth-order valence-electron chi connectivity index (χ4n) is 1.01. The Morgan fingerprint density at radius 2 is 2.09 bits per heavy atom. The first kappa shape index (κ1) is 8.96. The van der Waals surface area contributed by atoms with Crippen molar-refractivity contribution >= 4 is 10.0 Å². The molecule has 0 radical (unpaired) electrons. The minimum Gasteiger partial charge on any atom is -0.376 e. The highest BCUT2D eigenvalue weighted by Gasteiger charge is 2.33. The number of hydrogen-bond acceptors (Lipinski definition) is 3. The highest BCUT2D eigenvalue weighted by atomic mass is 32.2. The summed E-state index contributed by atoms with van der Waals surface area (Å²) in [6, 6.07) is 0. The lowest BCUT2D eigenvalue weighted by Gasteiger charge is -2.36. The zero-order valence-electron chi connectivity index (χ0n) is 6.78. The van der Waals surface area contributed by atoms with Crippen LogP contribution >= 0.6 is 0 Å². The number of nitrogens with zero attached hydrogens (tertiary/aromatic N) is 1. The summed E-state index contributed by atoms with van der Waals surface area (Å²) < 4.78 is 28.3. The molecule has 0 spiro atoms. The van der Waals surface area contributed by atoms with Crippen molar-refractivity contribution < 1.29 is 13.2 Å². The monoisotopic (exact) mass is 179 g/mol. The predicted octanol–water partition coefficient (Wildman–Crippen LogP) is -0.333. The van der Waals surface area contributed by atoms with Crippen LogP contribution in [0.1, 0.15) is 6.92 Å². The highest BCUT2D eigenvalue weighted by molar-refractivity contribution is 7.88. The first-order valence-electron chi connectivity index (χ1n) is 3.60. The van der Waals surface area contributed by atoms with Gasteiger partial charge in [-0.3, -0.25) is 0 Å². The molecule has 5 heteroatoms. The van der Waals surface area contributed by atoms with Gasteiger partial charge in [-0.2, -0.15) is 4.31 Å². The minimum atomic E-state index is -2.96.